The van der Waals surface area contributed by atoms with Crippen LogP contribution in [-0.4, -0.2) is 39.9 Å². The lowest BCUT2D eigenvalue weighted by molar-refractivity contribution is -0.128. The van der Waals surface area contributed by atoms with Crippen molar-refractivity contribution in [3.8, 4) is 0 Å². The number of amides is 1. The van der Waals surface area contributed by atoms with E-state index in [-0.39, 0.29) is 11.9 Å². The second-order valence-electron chi connectivity index (χ2n) is 5.43. The van der Waals surface area contributed by atoms with Gasteiger partial charge in [0, 0.05) is 30.8 Å². The lowest BCUT2D eigenvalue weighted by atomic mass is 10.2. The zero-order valence-electron chi connectivity index (χ0n) is 11.5. The molecule has 0 spiro atoms. The number of hydrogen-bond donors (Lipinski definition) is 1. The van der Waals surface area contributed by atoms with E-state index in [0.717, 1.165) is 36.8 Å². The van der Waals surface area contributed by atoms with E-state index in [1.54, 1.807) is 0 Å². The lowest BCUT2D eigenvalue weighted by Crippen LogP contribution is -2.33. The molecule has 1 aromatic rings. The van der Waals surface area contributed by atoms with Crippen LogP contribution in [0.1, 0.15) is 43.6 Å². The summed E-state index contributed by atoms with van der Waals surface area (Å²) in [7, 11) is 0. The molecule has 3 rings (SSSR count). The molecule has 1 amide bonds. The number of anilines is 1. The molecule has 1 aliphatic heterocycles. The molecule has 0 aromatic carbocycles. The molecule has 1 aromatic heterocycles. The third-order valence-electron chi connectivity index (χ3n) is 3.82. The van der Waals surface area contributed by atoms with E-state index >= 15 is 0 Å². The first-order valence-corrected chi connectivity index (χ1v) is 7.08. The topological polar surface area (TPSA) is 58.1 Å². The van der Waals surface area contributed by atoms with Crippen LogP contribution >= 0.6 is 0 Å². The van der Waals surface area contributed by atoms with Gasteiger partial charge in [0.25, 0.3) is 0 Å². The second-order valence-corrected chi connectivity index (χ2v) is 5.43. The van der Waals surface area contributed by atoms with Crippen molar-refractivity contribution in [1.82, 2.24) is 14.9 Å². The Bertz CT molecular complexity index is 498. The molecule has 1 aliphatic carbocycles. The average molecular weight is 260 g/mol. The summed E-state index contributed by atoms with van der Waals surface area (Å²) in [5.41, 5.74) is 0.970. The van der Waals surface area contributed by atoms with Crippen molar-refractivity contribution in [3.63, 3.8) is 0 Å². The van der Waals surface area contributed by atoms with Gasteiger partial charge in [0.05, 0.1) is 0 Å². The van der Waals surface area contributed by atoms with Gasteiger partial charge in [0.2, 0.25) is 5.91 Å². The molecule has 2 heterocycles. The van der Waals surface area contributed by atoms with Crippen molar-refractivity contribution in [1.29, 1.82) is 0 Å². The molecule has 1 N–H and O–H groups in total. The van der Waals surface area contributed by atoms with E-state index in [4.69, 9.17) is 0 Å². The number of rotatable bonds is 4. The van der Waals surface area contributed by atoms with E-state index in [0.29, 0.717) is 5.92 Å². The minimum Gasteiger partial charge on any atom is -0.358 e. The number of likely N-dealkylation sites (tertiary alicyclic amines) is 1. The number of nitrogens with zero attached hydrogens (tertiary/aromatic N) is 3. The van der Waals surface area contributed by atoms with Crippen LogP contribution < -0.4 is 5.32 Å². The van der Waals surface area contributed by atoms with Crippen LogP contribution in [0, 0.1) is 6.92 Å². The quantitative estimate of drug-likeness (QED) is 0.895. The normalized spacial score (nSPS) is 22.9. The first-order valence-electron chi connectivity index (χ1n) is 7.08. The maximum absolute atomic E-state index is 12.1. The zero-order valence-corrected chi connectivity index (χ0v) is 11.5. The Labute approximate surface area is 113 Å². The van der Waals surface area contributed by atoms with Crippen molar-refractivity contribution < 1.29 is 4.79 Å². The van der Waals surface area contributed by atoms with Crippen molar-refractivity contribution >= 4 is 11.7 Å². The highest BCUT2D eigenvalue weighted by molar-refractivity contribution is 5.86. The molecule has 2 fully saturated rings. The maximum atomic E-state index is 12.1. The van der Waals surface area contributed by atoms with Crippen LogP contribution in [0.15, 0.2) is 6.07 Å². The fourth-order valence-corrected chi connectivity index (χ4v) is 2.55. The van der Waals surface area contributed by atoms with Crippen molar-refractivity contribution in [2.75, 3.05) is 18.4 Å². The van der Waals surface area contributed by atoms with Crippen LogP contribution in [0.25, 0.3) is 0 Å². The Morgan fingerprint density at radius 1 is 1.37 bits per heavy atom. The first-order chi connectivity index (χ1) is 9.17. The predicted molar refractivity (Wildman–Crippen MR) is 73.0 cm³/mol. The van der Waals surface area contributed by atoms with E-state index < -0.39 is 0 Å². The molecule has 1 atom stereocenters. The molecule has 1 saturated heterocycles. The van der Waals surface area contributed by atoms with Crippen molar-refractivity contribution in [3.05, 3.63) is 17.6 Å². The van der Waals surface area contributed by atoms with Gasteiger partial charge in [-0.3, -0.25) is 4.79 Å². The summed E-state index contributed by atoms with van der Waals surface area (Å²) in [6.07, 6.45) is 3.23. The van der Waals surface area contributed by atoms with E-state index in [9.17, 15) is 4.79 Å². The predicted octanol–water partition coefficient (Wildman–Crippen LogP) is 1.70. The molecular weight excluding hydrogens is 240 g/mol. The Morgan fingerprint density at radius 2 is 2.16 bits per heavy atom. The summed E-state index contributed by atoms with van der Waals surface area (Å²) < 4.78 is 0. The molecule has 0 radical (unpaired) electrons. The van der Waals surface area contributed by atoms with Crippen LogP contribution in [0.3, 0.4) is 0 Å². The number of nitrogens with one attached hydrogen (secondary N) is 1. The maximum Gasteiger partial charge on any atom is 0.245 e. The molecule has 2 aliphatic rings. The molecule has 102 valence electrons. The SMILES string of the molecule is CCN1CCC(Nc2cc(C)nc(C3CC3)n2)C1=O. The standard InChI is InChI=1S/C14H20N4O/c1-3-18-7-6-11(14(18)19)16-12-8-9(2)15-13(17-12)10-4-5-10/h8,10-11H,3-7H2,1-2H3,(H,15,16,17). The van der Waals surface area contributed by atoms with Gasteiger partial charge < -0.3 is 10.2 Å². The fraction of sp³-hybridized carbons (Fsp3) is 0.643. The first kappa shape index (κ1) is 12.4. The lowest BCUT2D eigenvalue weighted by Gasteiger charge is -2.15. The Morgan fingerprint density at radius 3 is 2.79 bits per heavy atom. The minimum atomic E-state index is -0.124. The molecular formula is C14H20N4O. The minimum absolute atomic E-state index is 0.124. The second kappa shape index (κ2) is 4.79. The van der Waals surface area contributed by atoms with Gasteiger partial charge in [-0.1, -0.05) is 0 Å². The van der Waals surface area contributed by atoms with E-state index in [2.05, 4.69) is 15.3 Å². The summed E-state index contributed by atoms with van der Waals surface area (Å²) in [6.45, 7) is 5.62. The number of carbonyl (C=O) groups is 1. The third kappa shape index (κ3) is 2.55. The number of aromatic nitrogens is 2. The largest absolute Gasteiger partial charge is 0.358 e. The molecule has 5 heteroatoms. The fourth-order valence-electron chi connectivity index (χ4n) is 2.55. The van der Waals surface area contributed by atoms with Crippen molar-refractivity contribution in [2.24, 2.45) is 0 Å². The van der Waals surface area contributed by atoms with Crippen LogP contribution in [0.4, 0.5) is 5.82 Å². The van der Waals surface area contributed by atoms with Crippen LogP contribution in [0.2, 0.25) is 0 Å². The number of likely N-dealkylation sites (N-methyl/N-ethyl adjacent to an activating group) is 1. The van der Waals surface area contributed by atoms with Crippen LogP contribution in [0.5, 0.6) is 0 Å². The summed E-state index contributed by atoms with van der Waals surface area (Å²) >= 11 is 0. The summed E-state index contributed by atoms with van der Waals surface area (Å²) in [5, 5.41) is 3.28. The number of carbonyl (C=O) groups excluding carboxylic acids is 1. The Kier molecular flexibility index (Phi) is 3.12. The molecule has 1 saturated carbocycles. The highest BCUT2D eigenvalue weighted by Gasteiger charge is 2.31. The molecule has 19 heavy (non-hydrogen) atoms. The molecule has 0 bridgehead atoms. The van der Waals surface area contributed by atoms with Gasteiger partial charge in [-0.15, -0.1) is 0 Å². The number of aryl methyl sites for hydroxylation is 1. The average Bonchev–Trinajstić information content (AvgIpc) is 3.16. The monoisotopic (exact) mass is 260 g/mol. The van der Waals surface area contributed by atoms with Crippen LogP contribution in [-0.2, 0) is 4.79 Å². The summed E-state index contributed by atoms with van der Waals surface area (Å²) in [4.78, 5) is 23.0. The Balaban J connectivity index is 1.74. The highest BCUT2D eigenvalue weighted by atomic mass is 16.2. The zero-order chi connectivity index (χ0) is 13.4. The summed E-state index contributed by atoms with van der Waals surface area (Å²) in [6, 6.07) is 1.80. The Hall–Kier alpha value is -1.65. The smallest absolute Gasteiger partial charge is 0.245 e. The van der Waals surface area contributed by atoms with Gasteiger partial charge >= 0.3 is 0 Å². The number of hydrogen-bond acceptors (Lipinski definition) is 4. The molecule has 5 nitrogen and oxygen atoms in total. The van der Waals surface area contributed by atoms with Gasteiger partial charge in [-0.25, -0.2) is 9.97 Å². The van der Waals surface area contributed by atoms with Gasteiger partial charge in [-0.2, -0.15) is 0 Å². The van der Waals surface area contributed by atoms with Crippen molar-refractivity contribution in [2.45, 2.75) is 45.1 Å². The van der Waals surface area contributed by atoms with Gasteiger partial charge in [0.15, 0.2) is 0 Å². The summed E-state index contributed by atoms with van der Waals surface area (Å²) in [5.74, 6) is 2.45. The highest BCUT2D eigenvalue weighted by Crippen LogP contribution is 2.38. The van der Waals surface area contributed by atoms with Gasteiger partial charge in [-0.05, 0) is 33.1 Å². The molecule has 1 unspecified atom stereocenters. The third-order valence-corrected chi connectivity index (χ3v) is 3.82. The van der Waals surface area contributed by atoms with Gasteiger partial charge in [0.1, 0.15) is 17.7 Å². The van der Waals surface area contributed by atoms with E-state index in [1.807, 2.05) is 24.8 Å². The van der Waals surface area contributed by atoms with E-state index in [1.165, 1.54) is 12.8 Å².